The fraction of sp³-hybridized carbons (Fsp3) is 0. The Morgan fingerprint density at radius 3 is 2.92 bits per heavy atom. The molecule has 0 saturated heterocycles. The zero-order valence-corrected chi connectivity index (χ0v) is 6.28. The van der Waals surface area contributed by atoms with Crippen LogP contribution < -0.4 is 11.2 Å². The molecule has 1 rings (SSSR count). The van der Waals surface area contributed by atoms with E-state index in [0.717, 1.165) is 6.08 Å². The Bertz CT molecular complexity index is 365. The Labute approximate surface area is 68.7 Å². The van der Waals surface area contributed by atoms with Crippen molar-refractivity contribution in [1.29, 1.82) is 0 Å². The van der Waals surface area contributed by atoms with Crippen molar-refractivity contribution in [3.8, 4) is 0 Å². The quantitative estimate of drug-likeness (QED) is 0.597. The van der Waals surface area contributed by atoms with E-state index in [0.29, 0.717) is 5.56 Å². The minimum Gasteiger partial charge on any atom is -0.367 e. The van der Waals surface area contributed by atoms with Gasteiger partial charge in [0.05, 0.1) is 0 Å². The topological polar surface area (TPSA) is 76.0 Å². The molecule has 0 saturated carbocycles. The molecule has 0 unspecified atom stereocenters. The van der Waals surface area contributed by atoms with Gasteiger partial charge in [0.1, 0.15) is 0 Å². The van der Waals surface area contributed by atoms with E-state index in [1.807, 2.05) is 0 Å². The Morgan fingerprint density at radius 2 is 2.33 bits per heavy atom. The first-order chi connectivity index (χ1) is 5.70. The highest BCUT2D eigenvalue weighted by Gasteiger charge is 1.91. The van der Waals surface area contributed by atoms with Crippen LogP contribution in [0.25, 0.3) is 6.08 Å². The minimum absolute atomic E-state index is 0.147. The SMILES string of the molecule is NC(=O)/C=C/c1c[nH]ccc1=O. The molecule has 0 bridgehead atoms. The number of rotatable bonds is 2. The van der Waals surface area contributed by atoms with Crippen molar-refractivity contribution in [2.24, 2.45) is 5.73 Å². The molecule has 0 aliphatic rings. The zero-order chi connectivity index (χ0) is 8.97. The predicted molar refractivity (Wildman–Crippen MR) is 45.3 cm³/mol. The van der Waals surface area contributed by atoms with E-state index in [2.05, 4.69) is 4.98 Å². The van der Waals surface area contributed by atoms with Gasteiger partial charge in [-0.2, -0.15) is 0 Å². The maximum atomic E-state index is 11.0. The van der Waals surface area contributed by atoms with Gasteiger partial charge in [-0.15, -0.1) is 0 Å². The monoisotopic (exact) mass is 164 g/mol. The highest BCUT2D eigenvalue weighted by atomic mass is 16.1. The molecule has 3 N–H and O–H groups in total. The number of nitrogens with two attached hydrogens (primary N) is 1. The predicted octanol–water partition coefficient (Wildman–Crippen LogP) is -0.127. The normalized spacial score (nSPS) is 10.3. The van der Waals surface area contributed by atoms with Crippen LogP contribution in [0.2, 0.25) is 0 Å². The second-order valence-electron chi connectivity index (χ2n) is 2.20. The van der Waals surface area contributed by atoms with Gasteiger partial charge in [0.2, 0.25) is 5.91 Å². The van der Waals surface area contributed by atoms with Crippen molar-refractivity contribution in [3.05, 3.63) is 40.3 Å². The Hall–Kier alpha value is -1.84. The third-order valence-electron chi connectivity index (χ3n) is 1.28. The standard InChI is InChI=1S/C8H8N2O2/c9-8(12)2-1-6-5-10-4-3-7(6)11/h1-5H,(H2,9,12)(H,10,11)/b2-1+. The fourth-order valence-corrected chi connectivity index (χ4v) is 0.731. The summed E-state index contributed by atoms with van der Waals surface area (Å²) in [6, 6.07) is 1.38. The van der Waals surface area contributed by atoms with Crippen molar-refractivity contribution >= 4 is 12.0 Å². The van der Waals surface area contributed by atoms with Crippen molar-refractivity contribution in [3.63, 3.8) is 0 Å². The Kier molecular flexibility index (Phi) is 2.42. The lowest BCUT2D eigenvalue weighted by Crippen LogP contribution is -2.07. The number of hydrogen-bond donors (Lipinski definition) is 2. The molecule has 1 amide bonds. The first-order valence-corrected chi connectivity index (χ1v) is 3.35. The summed E-state index contributed by atoms with van der Waals surface area (Å²) in [6.07, 6.45) is 5.54. The molecule has 1 aromatic rings. The van der Waals surface area contributed by atoms with E-state index in [1.54, 1.807) is 0 Å². The Morgan fingerprint density at radius 1 is 1.58 bits per heavy atom. The number of pyridine rings is 1. The molecule has 62 valence electrons. The largest absolute Gasteiger partial charge is 0.367 e. The van der Waals surface area contributed by atoms with Crippen LogP contribution in [-0.4, -0.2) is 10.9 Å². The van der Waals surface area contributed by atoms with Gasteiger partial charge >= 0.3 is 0 Å². The highest BCUT2D eigenvalue weighted by Crippen LogP contribution is 1.90. The van der Waals surface area contributed by atoms with E-state index in [-0.39, 0.29) is 5.43 Å². The number of primary amides is 1. The summed E-state index contributed by atoms with van der Waals surface area (Å²) >= 11 is 0. The number of nitrogens with one attached hydrogen (secondary N) is 1. The van der Waals surface area contributed by atoms with Crippen LogP contribution in [-0.2, 0) is 4.79 Å². The summed E-state index contributed by atoms with van der Waals surface area (Å²) < 4.78 is 0. The molecular weight excluding hydrogens is 156 g/mol. The lowest BCUT2D eigenvalue weighted by Gasteiger charge is -1.88. The van der Waals surface area contributed by atoms with E-state index in [9.17, 15) is 9.59 Å². The van der Waals surface area contributed by atoms with Crippen LogP contribution >= 0.6 is 0 Å². The smallest absolute Gasteiger partial charge is 0.241 e. The molecular formula is C8H8N2O2. The lowest BCUT2D eigenvalue weighted by molar-refractivity contribution is -0.113. The fourth-order valence-electron chi connectivity index (χ4n) is 0.731. The zero-order valence-electron chi connectivity index (χ0n) is 6.28. The molecule has 4 heteroatoms. The van der Waals surface area contributed by atoms with Gasteiger partial charge in [0.25, 0.3) is 0 Å². The average molecular weight is 164 g/mol. The molecule has 1 aromatic heterocycles. The van der Waals surface area contributed by atoms with Gasteiger partial charge in [-0.25, -0.2) is 0 Å². The molecule has 0 aliphatic heterocycles. The number of carbonyl (C=O) groups is 1. The van der Waals surface area contributed by atoms with Crippen molar-refractivity contribution in [1.82, 2.24) is 4.98 Å². The van der Waals surface area contributed by atoms with E-state index < -0.39 is 5.91 Å². The van der Waals surface area contributed by atoms with Crippen molar-refractivity contribution in [2.45, 2.75) is 0 Å². The van der Waals surface area contributed by atoms with E-state index >= 15 is 0 Å². The first-order valence-electron chi connectivity index (χ1n) is 3.35. The van der Waals surface area contributed by atoms with Crippen molar-refractivity contribution < 1.29 is 4.79 Å². The van der Waals surface area contributed by atoms with Crippen LogP contribution in [0.3, 0.4) is 0 Å². The third-order valence-corrected chi connectivity index (χ3v) is 1.28. The van der Waals surface area contributed by atoms with Crippen LogP contribution in [0.4, 0.5) is 0 Å². The van der Waals surface area contributed by atoms with Gasteiger partial charge < -0.3 is 10.7 Å². The van der Waals surface area contributed by atoms with E-state index in [1.165, 1.54) is 24.5 Å². The molecule has 0 atom stereocenters. The molecule has 1 heterocycles. The van der Waals surface area contributed by atoms with Gasteiger partial charge in [0.15, 0.2) is 5.43 Å². The summed E-state index contributed by atoms with van der Waals surface area (Å²) in [4.78, 5) is 24.0. The number of carbonyl (C=O) groups excluding carboxylic acids is 1. The molecule has 4 nitrogen and oxygen atoms in total. The van der Waals surface area contributed by atoms with Crippen LogP contribution in [0.5, 0.6) is 0 Å². The third kappa shape index (κ3) is 2.09. The molecule has 0 aliphatic carbocycles. The number of hydrogen-bond acceptors (Lipinski definition) is 2. The summed E-state index contributed by atoms with van der Waals surface area (Å²) in [7, 11) is 0. The van der Waals surface area contributed by atoms with Gasteiger partial charge in [-0.05, 0) is 6.08 Å². The summed E-state index contributed by atoms with van der Waals surface area (Å²) in [5.74, 6) is -0.571. The summed E-state index contributed by atoms with van der Waals surface area (Å²) in [5, 5.41) is 0. The Balaban J connectivity index is 2.97. The second-order valence-corrected chi connectivity index (χ2v) is 2.20. The number of amides is 1. The first kappa shape index (κ1) is 8.26. The molecule has 12 heavy (non-hydrogen) atoms. The maximum absolute atomic E-state index is 11.0. The minimum atomic E-state index is -0.571. The molecule has 0 aromatic carbocycles. The average Bonchev–Trinajstić information content (AvgIpc) is 2.03. The summed E-state index contributed by atoms with van der Waals surface area (Å²) in [6.45, 7) is 0. The van der Waals surface area contributed by atoms with Crippen LogP contribution in [0.1, 0.15) is 5.56 Å². The lowest BCUT2D eigenvalue weighted by atomic mass is 10.2. The molecule has 0 radical (unpaired) electrons. The van der Waals surface area contributed by atoms with Gasteiger partial charge in [-0.1, -0.05) is 0 Å². The molecule has 0 spiro atoms. The van der Waals surface area contributed by atoms with E-state index in [4.69, 9.17) is 5.73 Å². The highest BCUT2D eigenvalue weighted by molar-refractivity contribution is 5.90. The number of aromatic amines is 1. The second kappa shape index (κ2) is 3.52. The maximum Gasteiger partial charge on any atom is 0.241 e. The van der Waals surface area contributed by atoms with Gasteiger partial charge in [-0.3, -0.25) is 9.59 Å². The van der Waals surface area contributed by atoms with Crippen LogP contribution in [0, 0.1) is 0 Å². The van der Waals surface area contributed by atoms with Gasteiger partial charge in [0, 0.05) is 30.1 Å². The molecule has 0 fully saturated rings. The van der Waals surface area contributed by atoms with Crippen LogP contribution in [0.15, 0.2) is 29.3 Å². The number of aromatic nitrogens is 1. The number of H-pyrrole nitrogens is 1. The summed E-state index contributed by atoms with van der Waals surface area (Å²) in [5.41, 5.74) is 5.12. The van der Waals surface area contributed by atoms with Crippen molar-refractivity contribution in [2.75, 3.05) is 0 Å².